The number of carboxylic acid groups (broad SMARTS) is 1. The predicted molar refractivity (Wildman–Crippen MR) is 161 cm³/mol. The van der Waals surface area contributed by atoms with Gasteiger partial charge in [0, 0.05) is 34.8 Å². The number of carbonyl (C=O) groups excluding carboxylic acids is 1. The van der Waals surface area contributed by atoms with Gasteiger partial charge in [0.1, 0.15) is 5.75 Å². The number of nitrogens with zero attached hydrogens (tertiary/aromatic N) is 1. The van der Waals surface area contributed by atoms with Crippen LogP contribution < -0.4 is 15.0 Å². The standard InChI is InChI=1S/C30H40N2O6S2/c1-7-9-15-30(8-2)19-32(22-12-10-21(11-13-22)31-28(35)29(3,4)5)23-17-25(39-6)24(38-16-14-27(33)34)18-26(23)40(36,37)20-30/h10-14,16-18H,7-9,15,19-20H2,1-6H3,(H,31,35)(H,33,34)/b16-14+. The average Bonchev–Trinajstić information content (AvgIpc) is 2.98. The third-order valence-electron chi connectivity index (χ3n) is 7.20. The van der Waals surface area contributed by atoms with Gasteiger partial charge in [0.05, 0.1) is 33.6 Å². The maximum Gasteiger partial charge on any atom is 0.331 e. The van der Waals surface area contributed by atoms with Crippen LogP contribution in [0.1, 0.15) is 60.3 Å². The molecule has 8 nitrogen and oxygen atoms in total. The van der Waals surface area contributed by atoms with Crippen LogP contribution in [0.5, 0.6) is 5.75 Å². The molecule has 0 aliphatic carbocycles. The number of ether oxygens (including phenoxy) is 1. The lowest BCUT2D eigenvalue weighted by Gasteiger charge is -2.36. The average molecular weight is 589 g/mol. The quantitative estimate of drug-likeness (QED) is 0.175. The Hall–Kier alpha value is -2.98. The molecule has 2 N–H and O–H groups in total. The second-order valence-electron chi connectivity index (χ2n) is 11.3. The number of unbranched alkanes of at least 4 members (excludes halogenated alkanes) is 1. The van der Waals surface area contributed by atoms with E-state index in [1.165, 1.54) is 17.8 Å². The third kappa shape index (κ3) is 7.40. The van der Waals surface area contributed by atoms with E-state index in [1.807, 2.05) is 64.3 Å². The Morgan fingerprint density at radius 2 is 1.85 bits per heavy atom. The van der Waals surface area contributed by atoms with Crippen molar-refractivity contribution in [2.24, 2.45) is 10.8 Å². The summed E-state index contributed by atoms with van der Waals surface area (Å²) < 4.78 is 33.5. The van der Waals surface area contributed by atoms with Crippen LogP contribution in [0.3, 0.4) is 0 Å². The van der Waals surface area contributed by atoms with Crippen LogP contribution in [-0.2, 0) is 19.4 Å². The van der Waals surface area contributed by atoms with Gasteiger partial charge < -0.3 is 20.1 Å². The highest BCUT2D eigenvalue weighted by molar-refractivity contribution is 7.98. The Labute approximate surface area is 242 Å². The zero-order chi connectivity index (χ0) is 29.7. The maximum atomic E-state index is 14.0. The Balaban J connectivity index is 2.17. The topological polar surface area (TPSA) is 113 Å². The van der Waals surface area contributed by atoms with E-state index >= 15 is 0 Å². The fraction of sp³-hybridized carbons (Fsp3) is 0.467. The fourth-order valence-electron chi connectivity index (χ4n) is 4.72. The van der Waals surface area contributed by atoms with Crippen molar-refractivity contribution in [3.05, 3.63) is 48.7 Å². The van der Waals surface area contributed by atoms with Crippen LogP contribution in [0.4, 0.5) is 17.1 Å². The van der Waals surface area contributed by atoms with Crippen molar-refractivity contribution < 1.29 is 27.9 Å². The summed E-state index contributed by atoms with van der Waals surface area (Å²) >= 11 is 1.39. The Morgan fingerprint density at radius 1 is 1.18 bits per heavy atom. The van der Waals surface area contributed by atoms with Gasteiger partial charge in [-0.15, -0.1) is 11.8 Å². The maximum absolute atomic E-state index is 14.0. The second kappa shape index (κ2) is 12.7. The number of fused-ring (bicyclic) bond motifs is 1. The van der Waals surface area contributed by atoms with E-state index in [0.717, 1.165) is 37.3 Å². The van der Waals surface area contributed by atoms with Crippen molar-refractivity contribution in [1.82, 2.24) is 0 Å². The van der Waals surface area contributed by atoms with Crippen molar-refractivity contribution in [2.45, 2.75) is 70.1 Å². The zero-order valence-corrected chi connectivity index (χ0v) is 25.7. The molecule has 0 aromatic heterocycles. The summed E-state index contributed by atoms with van der Waals surface area (Å²) in [7, 11) is -3.73. The molecule has 10 heteroatoms. The molecule has 0 bridgehead atoms. The highest BCUT2D eigenvalue weighted by atomic mass is 32.2. The summed E-state index contributed by atoms with van der Waals surface area (Å²) in [5.41, 5.74) is 1.02. The summed E-state index contributed by atoms with van der Waals surface area (Å²) in [6.07, 6.45) is 7.10. The summed E-state index contributed by atoms with van der Waals surface area (Å²) in [6.45, 7) is 10.2. The van der Waals surface area contributed by atoms with Crippen LogP contribution in [-0.4, -0.2) is 44.0 Å². The molecule has 1 atom stereocenters. The molecule has 0 fully saturated rings. The first-order valence-electron chi connectivity index (χ1n) is 13.5. The molecule has 0 spiro atoms. The number of sulfone groups is 1. The number of aliphatic carboxylic acids is 1. The minimum atomic E-state index is -3.73. The zero-order valence-electron chi connectivity index (χ0n) is 24.1. The highest BCUT2D eigenvalue weighted by Gasteiger charge is 2.42. The van der Waals surface area contributed by atoms with Crippen molar-refractivity contribution in [2.75, 3.05) is 28.8 Å². The molecule has 0 saturated heterocycles. The predicted octanol–water partition coefficient (Wildman–Crippen LogP) is 6.88. The number of nitrogens with one attached hydrogen (secondary N) is 1. The molecule has 1 unspecified atom stereocenters. The Bertz CT molecular complexity index is 1360. The fourth-order valence-corrected chi connectivity index (χ4v) is 7.44. The molecule has 3 rings (SSSR count). The molecule has 0 radical (unpaired) electrons. The minimum absolute atomic E-state index is 0.00272. The third-order valence-corrected chi connectivity index (χ3v) is 9.94. The molecule has 2 aromatic rings. The largest absolute Gasteiger partial charge is 0.478 e. The summed E-state index contributed by atoms with van der Waals surface area (Å²) in [4.78, 5) is 26.3. The summed E-state index contributed by atoms with van der Waals surface area (Å²) in [5, 5.41) is 11.9. The minimum Gasteiger partial charge on any atom is -0.478 e. The molecular weight excluding hydrogens is 548 g/mol. The van der Waals surface area contributed by atoms with Crippen LogP contribution in [0.15, 0.2) is 58.5 Å². The lowest BCUT2D eigenvalue weighted by atomic mass is 9.81. The molecular formula is C30H40N2O6S2. The number of anilines is 3. The van der Waals surface area contributed by atoms with Gasteiger partial charge in [0.15, 0.2) is 9.84 Å². The van der Waals surface area contributed by atoms with E-state index in [-0.39, 0.29) is 22.3 Å². The smallest absolute Gasteiger partial charge is 0.331 e. The van der Waals surface area contributed by atoms with Gasteiger partial charge in [-0.05, 0) is 49.4 Å². The number of hydrogen-bond donors (Lipinski definition) is 2. The van der Waals surface area contributed by atoms with Gasteiger partial charge in [0.25, 0.3) is 0 Å². The monoisotopic (exact) mass is 588 g/mol. The summed E-state index contributed by atoms with van der Waals surface area (Å²) in [6, 6.07) is 10.8. The van der Waals surface area contributed by atoms with E-state index in [4.69, 9.17) is 9.84 Å². The normalized spacial score (nSPS) is 18.7. The van der Waals surface area contributed by atoms with Crippen molar-refractivity contribution in [3.63, 3.8) is 0 Å². The number of rotatable bonds is 10. The van der Waals surface area contributed by atoms with Crippen LogP contribution in [0, 0.1) is 10.8 Å². The lowest BCUT2D eigenvalue weighted by Crippen LogP contribution is -2.38. The van der Waals surface area contributed by atoms with Gasteiger partial charge in [-0.1, -0.05) is 47.5 Å². The Kier molecular flexibility index (Phi) is 10.0. The molecule has 218 valence electrons. The molecule has 40 heavy (non-hydrogen) atoms. The van der Waals surface area contributed by atoms with E-state index < -0.39 is 26.6 Å². The van der Waals surface area contributed by atoms with Crippen LogP contribution in [0.2, 0.25) is 0 Å². The lowest BCUT2D eigenvalue weighted by molar-refractivity contribution is -0.131. The van der Waals surface area contributed by atoms with E-state index in [9.17, 15) is 18.0 Å². The van der Waals surface area contributed by atoms with Gasteiger partial charge in [-0.2, -0.15) is 0 Å². The van der Waals surface area contributed by atoms with Gasteiger partial charge in [-0.25, -0.2) is 13.2 Å². The number of thioether (sulfide) groups is 1. The first-order valence-corrected chi connectivity index (χ1v) is 16.3. The number of carbonyl (C=O) groups is 2. The first kappa shape index (κ1) is 31.5. The number of carboxylic acids is 1. The molecule has 1 aliphatic heterocycles. The molecule has 1 aliphatic rings. The van der Waals surface area contributed by atoms with Crippen LogP contribution >= 0.6 is 11.8 Å². The van der Waals surface area contributed by atoms with Crippen molar-refractivity contribution >= 4 is 50.5 Å². The van der Waals surface area contributed by atoms with E-state index in [2.05, 4.69) is 17.1 Å². The van der Waals surface area contributed by atoms with Gasteiger partial charge in [-0.3, -0.25) is 4.79 Å². The van der Waals surface area contributed by atoms with E-state index in [1.54, 1.807) is 0 Å². The highest BCUT2D eigenvalue weighted by Crippen LogP contribution is 2.47. The molecule has 2 aromatic carbocycles. The Morgan fingerprint density at radius 3 is 2.40 bits per heavy atom. The van der Waals surface area contributed by atoms with Gasteiger partial charge in [0.2, 0.25) is 5.91 Å². The van der Waals surface area contributed by atoms with E-state index in [0.29, 0.717) is 29.2 Å². The number of hydrogen-bond acceptors (Lipinski definition) is 7. The van der Waals surface area contributed by atoms with Crippen LogP contribution in [0.25, 0.3) is 0 Å². The number of amides is 1. The van der Waals surface area contributed by atoms with Gasteiger partial charge >= 0.3 is 5.97 Å². The molecule has 1 amide bonds. The molecule has 0 saturated carbocycles. The molecule has 1 heterocycles. The number of benzene rings is 2. The second-order valence-corrected chi connectivity index (χ2v) is 14.1. The SMILES string of the molecule is CCCCC1(CC)CN(c2ccc(NC(=O)C(C)(C)C)cc2)c2cc(SC)c(O/C=C/C(=O)O)cc2S(=O)(=O)C1. The van der Waals surface area contributed by atoms with Crippen molar-refractivity contribution in [3.8, 4) is 5.75 Å². The first-order chi connectivity index (χ1) is 18.7. The summed E-state index contributed by atoms with van der Waals surface area (Å²) in [5.74, 6) is -0.969. The van der Waals surface area contributed by atoms with Crippen molar-refractivity contribution in [1.29, 1.82) is 0 Å².